The van der Waals surface area contributed by atoms with E-state index in [4.69, 9.17) is 17.3 Å². The molecular formula is C14H20Cl2N2O. The number of hydrogen-bond acceptors (Lipinski definition) is 2. The lowest BCUT2D eigenvalue weighted by atomic mass is 10.1. The van der Waals surface area contributed by atoms with E-state index in [0.717, 1.165) is 18.5 Å². The molecule has 2 N–H and O–H groups in total. The van der Waals surface area contributed by atoms with Crippen LogP contribution in [-0.2, 0) is 0 Å². The zero-order chi connectivity index (χ0) is 13.3. The minimum Gasteiger partial charge on any atom is -0.336 e. The molecule has 2 atom stereocenters. The Labute approximate surface area is 125 Å². The average Bonchev–Trinajstić information content (AvgIpc) is 2.73. The van der Waals surface area contributed by atoms with Crippen LogP contribution in [0.4, 0.5) is 0 Å². The summed E-state index contributed by atoms with van der Waals surface area (Å²) < 4.78 is 0. The van der Waals surface area contributed by atoms with Gasteiger partial charge in [0.2, 0.25) is 0 Å². The summed E-state index contributed by atoms with van der Waals surface area (Å²) in [5.74, 6) is 0.430. The molecule has 0 bridgehead atoms. The van der Waals surface area contributed by atoms with E-state index >= 15 is 0 Å². The van der Waals surface area contributed by atoms with Gasteiger partial charge >= 0.3 is 0 Å². The van der Waals surface area contributed by atoms with E-state index in [0.29, 0.717) is 23.0 Å². The highest BCUT2D eigenvalue weighted by Gasteiger charge is 2.32. The monoisotopic (exact) mass is 302 g/mol. The van der Waals surface area contributed by atoms with E-state index in [2.05, 4.69) is 6.92 Å². The van der Waals surface area contributed by atoms with E-state index in [-0.39, 0.29) is 24.4 Å². The van der Waals surface area contributed by atoms with Crippen LogP contribution in [0.5, 0.6) is 0 Å². The average molecular weight is 303 g/mol. The summed E-state index contributed by atoms with van der Waals surface area (Å²) in [7, 11) is 0. The molecule has 0 saturated carbocycles. The van der Waals surface area contributed by atoms with Gasteiger partial charge in [0.05, 0.1) is 10.6 Å². The van der Waals surface area contributed by atoms with Gasteiger partial charge in [0.1, 0.15) is 0 Å². The van der Waals surface area contributed by atoms with Crippen molar-refractivity contribution in [2.75, 3.05) is 13.1 Å². The Morgan fingerprint density at radius 2 is 2.21 bits per heavy atom. The van der Waals surface area contributed by atoms with Crippen LogP contribution in [0.3, 0.4) is 0 Å². The highest BCUT2D eigenvalue weighted by Crippen LogP contribution is 2.27. The Balaban J connectivity index is 0.00000180. The first kappa shape index (κ1) is 16.3. The second kappa shape index (κ2) is 6.60. The number of aryl methyl sites for hydroxylation is 1. The lowest BCUT2D eigenvalue weighted by molar-refractivity contribution is 0.0743. The molecule has 19 heavy (non-hydrogen) atoms. The van der Waals surface area contributed by atoms with Crippen LogP contribution in [0.1, 0.15) is 29.3 Å². The molecule has 1 amide bonds. The van der Waals surface area contributed by atoms with Crippen molar-refractivity contribution >= 4 is 29.9 Å². The van der Waals surface area contributed by atoms with Gasteiger partial charge in [-0.3, -0.25) is 4.79 Å². The third-order valence-electron chi connectivity index (χ3n) is 3.68. The van der Waals surface area contributed by atoms with Crippen LogP contribution in [0, 0.1) is 12.8 Å². The van der Waals surface area contributed by atoms with Crippen molar-refractivity contribution < 1.29 is 4.79 Å². The van der Waals surface area contributed by atoms with E-state index < -0.39 is 0 Å². The molecule has 1 fully saturated rings. The number of likely N-dealkylation sites (tertiary alicyclic amines) is 1. The number of amides is 1. The van der Waals surface area contributed by atoms with Crippen molar-refractivity contribution in [1.82, 2.24) is 4.90 Å². The number of benzene rings is 1. The predicted octanol–water partition coefficient (Wildman–Crippen LogP) is 2.88. The first-order valence-corrected chi connectivity index (χ1v) is 6.68. The van der Waals surface area contributed by atoms with E-state index in [1.807, 2.05) is 24.0 Å². The van der Waals surface area contributed by atoms with Crippen LogP contribution >= 0.6 is 24.0 Å². The molecule has 1 aromatic carbocycles. The normalized spacial score (nSPS) is 22.2. The van der Waals surface area contributed by atoms with E-state index in [1.165, 1.54) is 0 Å². The van der Waals surface area contributed by atoms with E-state index in [1.54, 1.807) is 6.07 Å². The lowest BCUT2D eigenvalue weighted by Gasteiger charge is -2.22. The molecule has 1 aromatic rings. The fraction of sp³-hybridized carbons (Fsp3) is 0.500. The largest absolute Gasteiger partial charge is 0.336 e. The minimum atomic E-state index is 0. The Morgan fingerprint density at radius 3 is 2.79 bits per heavy atom. The molecule has 0 aliphatic carbocycles. The summed E-state index contributed by atoms with van der Waals surface area (Å²) in [4.78, 5) is 14.4. The van der Waals surface area contributed by atoms with Crippen molar-refractivity contribution in [3.05, 3.63) is 34.3 Å². The highest BCUT2D eigenvalue weighted by molar-refractivity contribution is 6.34. The standard InChI is InChI=1S/C14H19ClN2O.ClH/c1-9-4-3-5-12(13(9)15)14(18)17-8-11(7-16)6-10(17)2;/h3-5,10-11H,6-8,16H2,1-2H3;1H. The summed E-state index contributed by atoms with van der Waals surface area (Å²) in [6.07, 6.45) is 0.978. The summed E-state index contributed by atoms with van der Waals surface area (Å²) in [6, 6.07) is 5.81. The third kappa shape index (κ3) is 3.22. The van der Waals surface area contributed by atoms with Crippen LogP contribution in [0.25, 0.3) is 0 Å². The van der Waals surface area contributed by atoms with Crippen molar-refractivity contribution in [3.63, 3.8) is 0 Å². The number of rotatable bonds is 2. The van der Waals surface area contributed by atoms with Gasteiger partial charge in [-0.2, -0.15) is 0 Å². The second-order valence-electron chi connectivity index (χ2n) is 5.08. The van der Waals surface area contributed by atoms with Gasteiger partial charge in [-0.15, -0.1) is 12.4 Å². The quantitative estimate of drug-likeness (QED) is 0.913. The molecule has 1 heterocycles. The Morgan fingerprint density at radius 1 is 1.53 bits per heavy atom. The number of halogens is 2. The molecule has 0 aromatic heterocycles. The van der Waals surface area contributed by atoms with Crippen molar-refractivity contribution in [2.24, 2.45) is 11.7 Å². The first-order valence-electron chi connectivity index (χ1n) is 6.30. The summed E-state index contributed by atoms with van der Waals surface area (Å²) in [5.41, 5.74) is 7.22. The van der Waals surface area contributed by atoms with Crippen LogP contribution in [-0.4, -0.2) is 29.9 Å². The van der Waals surface area contributed by atoms with Crippen molar-refractivity contribution in [3.8, 4) is 0 Å². The Bertz CT molecular complexity index is 465. The fourth-order valence-corrected chi connectivity index (χ4v) is 2.77. The minimum absolute atomic E-state index is 0. The molecule has 0 radical (unpaired) electrons. The first-order chi connectivity index (χ1) is 8.54. The highest BCUT2D eigenvalue weighted by atomic mass is 35.5. The van der Waals surface area contributed by atoms with Crippen LogP contribution < -0.4 is 5.73 Å². The molecule has 1 aliphatic heterocycles. The Hall–Kier alpha value is -0.770. The molecule has 1 saturated heterocycles. The smallest absolute Gasteiger partial charge is 0.255 e. The maximum absolute atomic E-state index is 12.5. The van der Waals surface area contributed by atoms with Gasteiger partial charge in [0.25, 0.3) is 5.91 Å². The SMILES string of the molecule is Cc1cccc(C(=O)N2CC(CN)CC2C)c1Cl.Cl. The maximum atomic E-state index is 12.5. The number of carbonyl (C=O) groups excluding carboxylic acids is 1. The van der Waals surface area contributed by atoms with Crippen molar-refractivity contribution in [1.29, 1.82) is 0 Å². The molecule has 1 aliphatic rings. The molecular weight excluding hydrogens is 283 g/mol. The van der Waals surface area contributed by atoms with Gasteiger partial charge < -0.3 is 10.6 Å². The van der Waals surface area contributed by atoms with Gasteiger partial charge in [-0.05, 0) is 44.4 Å². The van der Waals surface area contributed by atoms with Crippen LogP contribution in [0.15, 0.2) is 18.2 Å². The van der Waals surface area contributed by atoms with Crippen LogP contribution in [0.2, 0.25) is 5.02 Å². The zero-order valence-corrected chi connectivity index (χ0v) is 12.8. The molecule has 5 heteroatoms. The number of nitrogens with two attached hydrogens (primary N) is 1. The molecule has 2 unspecified atom stereocenters. The predicted molar refractivity (Wildman–Crippen MR) is 81.1 cm³/mol. The molecule has 106 valence electrons. The second-order valence-corrected chi connectivity index (χ2v) is 5.46. The van der Waals surface area contributed by atoms with Crippen molar-refractivity contribution in [2.45, 2.75) is 26.3 Å². The number of nitrogens with zero attached hydrogens (tertiary/aromatic N) is 1. The topological polar surface area (TPSA) is 46.3 Å². The van der Waals surface area contributed by atoms with E-state index in [9.17, 15) is 4.79 Å². The molecule has 2 rings (SSSR count). The van der Waals surface area contributed by atoms with Gasteiger partial charge in [0.15, 0.2) is 0 Å². The summed E-state index contributed by atoms with van der Waals surface area (Å²) >= 11 is 6.21. The lowest BCUT2D eigenvalue weighted by Crippen LogP contribution is -2.34. The van der Waals surface area contributed by atoms with Gasteiger partial charge in [-0.25, -0.2) is 0 Å². The van der Waals surface area contributed by atoms with Gasteiger partial charge in [0, 0.05) is 12.6 Å². The van der Waals surface area contributed by atoms with Gasteiger partial charge in [-0.1, -0.05) is 23.7 Å². The zero-order valence-electron chi connectivity index (χ0n) is 11.2. The number of carbonyl (C=O) groups is 1. The summed E-state index contributed by atoms with van der Waals surface area (Å²) in [5, 5.41) is 0.561. The third-order valence-corrected chi connectivity index (χ3v) is 4.18. The molecule has 3 nitrogen and oxygen atoms in total. The molecule has 0 spiro atoms. The fourth-order valence-electron chi connectivity index (χ4n) is 2.56. The summed E-state index contributed by atoms with van der Waals surface area (Å²) in [6.45, 7) is 5.35. The Kier molecular flexibility index (Phi) is 5.65. The maximum Gasteiger partial charge on any atom is 0.255 e. The number of hydrogen-bond donors (Lipinski definition) is 1.